The van der Waals surface area contributed by atoms with Gasteiger partial charge in [0.25, 0.3) is 0 Å². The molecule has 3 nitrogen and oxygen atoms in total. The Labute approximate surface area is 133 Å². The van der Waals surface area contributed by atoms with Crippen LogP contribution >= 0.6 is 11.6 Å². The van der Waals surface area contributed by atoms with E-state index in [1.807, 2.05) is 12.1 Å². The van der Waals surface area contributed by atoms with Crippen molar-refractivity contribution < 1.29 is 9.84 Å². The Morgan fingerprint density at radius 1 is 1.19 bits per heavy atom. The van der Waals surface area contributed by atoms with Crippen LogP contribution in [0.2, 0.25) is 5.02 Å². The summed E-state index contributed by atoms with van der Waals surface area (Å²) in [6, 6.07) is 7.28. The van der Waals surface area contributed by atoms with Crippen LogP contribution in [-0.4, -0.2) is 29.9 Å². The molecule has 1 rings (SSSR count). The van der Waals surface area contributed by atoms with Crippen LogP contribution in [-0.2, 0) is 0 Å². The summed E-state index contributed by atoms with van der Waals surface area (Å²) in [5.41, 5.74) is 0.221. The fourth-order valence-electron chi connectivity index (χ4n) is 2.59. The Bertz CT molecular complexity index is 441. The number of hydrogen-bond donors (Lipinski definition) is 2. The first-order valence-electron chi connectivity index (χ1n) is 7.39. The van der Waals surface area contributed by atoms with Gasteiger partial charge in [0.1, 0.15) is 18.5 Å². The van der Waals surface area contributed by atoms with Crippen molar-refractivity contribution in [2.75, 3.05) is 13.2 Å². The first-order chi connectivity index (χ1) is 9.59. The lowest BCUT2D eigenvalue weighted by molar-refractivity contribution is 0.0944. The third kappa shape index (κ3) is 7.70. The predicted octanol–water partition coefficient (Wildman–Crippen LogP) is 3.88. The normalized spacial score (nSPS) is 14.0. The average Bonchev–Trinajstić information content (AvgIpc) is 2.33. The van der Waals surface area contributed by atoms with Crippen LogP contribution in [0.15, 0.2) is 24.3 Å². The summed E-state index contributed by atoms with van der Waals surface area (Å²) in [6.45, 7) is 11.7. The van der Waals surface area contributed by atoms with Gasteiger partial charge >= 0.3 is 0 Å². The van der Waals surface area contributed by atoms with Crippen LogP contribution in [0.1, 0.15) is 41.0 Å². The van der Waals surface area contributed by atoms with Crippen molar-refractivity contribution in [1.29, 1.82) is 0 Å². The molecular formula is C17H28ClNO2. The number of ether oxygens (including phenoxy) is 1. The molecule has 0 radical (unpaired) electrons. The molecule has 21 heavy (non-hydrogen) atoms. The van der Waals surface area contributed by atoms with E-state index in [9.17, 15) is 5.11 Å². The molecule has 0 aliphatic heterocycles. The van der Waals surface area contributed by atoms with E-state index in [4.69, 9.17) is 16.3 Å². The second kappa shape index (κ2) is 7.48. The zero-order valence-electron chi connectivity index (χ0n) is 13.7. The zero-order chi connectivity index (χ0) is 16.1. The molecule has 120 valence electrons. The summed E-state index contributed by atoms with van der Waals surface area (Å²) in [5, 5.41) is 14.0. The average molecular weight is 314 g/mol. The van der Waals surface area contributed by atoms with Gasteiger partial charge in [-0.2, -0.15) is 0 Å². The summed E-state index contributed by atoms with van der Waals surface area (Å²) in [4.78, 5) is 0. The van der Waals surface area contributed by atoms with Gasteiger partial charge < -0.3 is 15.2 Å². The minimum atomic E-state index is -0.569. The quantitative estimate of drug-likeness (QED) is 0.802. The molecule has 2 N–H and O–H groups in total. The van der Waals surface area contributed by atoms with Crippen LogP contribution in [0.4, 0.5) is 0 Å². The second-order valence-corrected chi connectivity index (χ2v) is 7.80. The standard InChI is InChI=1S/C17H28ClNO2/c1-16(2,3)12-17(4,5)19-10-13(20)11-21-15-9-7-6-8-14(15)18/h6-9,13,19-20H,10-12H2,1-5H3/t13-/m0/s1. The number of aliphatic hydroxyl groups excluding tert-OH is 1. The molecule has 0 spiro atoms. The van der Waals surface area contributed by atoms with Crippen molar-refractivity contribution >= 4 is 11.6 Å². The third-order valence-electron chi connectivity index (χ3n) is 3.06. The third-order valence-corrected chi connectivity index (χ3v) is 3.37. The minimum absolute atomic E-state index is 0.0242. The maximum atomic E-state index is 10.0. The highest BCUT2D eigenvalue weighted by Gasteiger charge is 2.25. The summed E-state index contributed by atoms with van der Waals surface area (Å²) in [6.07, 6.45) is 0.457. The van der Waals surface area contributed by atoms with E-state index in [-0.39, 0.29) is 17.6 Å². The van der Waals surface area contributed by atoms with Crippen molar-refractivity contribution in [3.05, 3.63) is 29.3 Å². The molecule has 1 atom stereocenters. The fraction of sp³-hybridized carbons (Fsp3) is 0.647. The van der Waals surface area contributed by atoms with Crippen LogP contribution in [0.5, 0.6) is 5.75 Å². The lowest BCUT2D eigenvalue weighted by Crippen LogP contribution is -2.46. The molecule has 0 saturated heterocycles. The Balaban J connectivity index is 2.37. The molecule has 0 bridgehead atoms. The summed E-state index contributed by atoms with van der Waals surface area (Å²) >= 11 is 6.01. The Kier molecular flexibility index (Phi) is 6.51. The van der Waals surface area contributed by atoms with Gasteiger partial charge in [-0.05, 0) is 37.8 Å². The maximum absolute atomic E-state index is 10.0. The van der Waals surface area contributed by atoms with Crippen LogP contribution in [0.3, 0.4) is 0 Å². The number of halogens is 1. The highest BCUT2D eigenvalue weighted by molar-refractivity contribution is 6.32. The van der Waals surface area contributed by atoms with Gasteiger partial charge in [0, 0.05) is 12.1 Å². The molecule has 0 aromatic heterocycles. The molecule has 0 fully saturated rings. The lowest BCUT2D eigenvalue weighted by atomic mass is 9.82. The van der Waals surface area contributed by atoms with Crippen molar-refractivity contribution in [2.45, 2.75) is 52.7 Å². The second-order valence-electron chi connectivity index (χ2n) is 7.40. The first kappa shape index (κ1) is 18.3. The van der Waals surface area contributed by atoms with E-state index < -0.39 is 6.10 Å². The van der Waals surface area contributed by atoms with E-state index in [1.54, 1.807) is 12.1 Å². The van der Waals surface area contributed by atoms with Gasteiger partial charge in [-0.1, -0.05) is 44.5 Å². The molecule has 0 saturated carbocycles. The number of hydrogen-bond acceptors (Lipinski definition) is 3. The van der Waals surface area contributed by atoms with Crippen LogP contribution in [0.25, 0.3) is 0 Å². The molecule has 0 unspecified atom stereocenters. The van der Waals surface area contributed by atoms with Crippen molar-refractivity contribution in [2.24, 2.45) is 5.41 Å². The number of para-hydroxylation sites is 1. The lowest BCUT2D eigenvalue weighted by Gasteiger charge is -2.34. The molecule has 0 aliphatic carbocycles. The van der Waals surface area contributed by atoms with Gasteiger partial charge in [0.2, 0.25) is 0 Å². The number of rotatable bonds is 7. The number of nitrogens with one attached hydrogen (secondary N) is 1. The molecule has 4 heteroatoms. The molecular weight excluding hydrogens is 286 g/mol. The van der Waals surface area contributed by atoms with E-state index in [0.29, 0.717) is 17.3 Å². The monoisotopic (exact) mass is 313 g/mol. The summed E-state index contributed by atoms with van der Waals surface area (Å²) < 4.78 is 5.54. The zero-order valence-corrected chi connectivity index (χ0v) is 14.5. The fourth-order valence-corrected chi connectivity index (χ4v) is 2.78. The Hall–Kier alpha value is -0.770. The minimum Gasteiger partial charge on any atom is -0.489 e. The summed E-state index contributed by atoms with van der Waals surface area (Å²) in [7, 11) is 0. The predicted molar refractivity (Wildman–Crippen MR) is 89.1 cm³/mol. The van der Waals surface area contributed by atoms with E-state index >= 15 is 0 Å². The Morgan fingerprint density at radius 3 is 2.38 bits per heavy atom. The van der Waals surface area contributed by atoms with Crippen molar-refractivity contribution in [3.63, 3.8) is 0 Å². The maximum Gasteiger partial charge on any atom is 0.138 e. The largest absolute Gasteiger partial charge is 0.489 e. The number of β-amino-alcohol motifs (C(OH)–C–C–N with tert-alkyl or cyclic N) is 1. The van der Waals surface area contributed by atoms with E-state index in [2.05, 4.69) is 39.9 Å². The molecule has 1 aromatic carbocycles. The first-order valence-corrected chi connectivity index (χ1v) is 7.77. The van der Waals surface area contributed by atoms with Gasteiger partial charge in [0.15, 0.2) is 0 Å². The van der Waals surface area contributed by atoms with Gasteiger partial charge in [0.05, 0.1) is 5.02 Å². The molecule has 1 aromatic rings. The SMILES string of the molecule is CC(C)(C)CC(C)(C)NC[C@H](O)COc1ccccc1Cl. The van der Waals surface area contributed by atoms with E-state index in [0.717, 1.165) is 6.42 Å². The number of benzene rings is 1. The molecule has 0 amide bonds. The van der Waals surface area contributed by atoms with Gasteiger partial charge in [-0.25, -0.2) is 0 Å². The topological polar surface area (TPSA) is 41.5 Å². The van der Waals surface area contributed by atoms with Crippen molar-refractivity contribution in [1.82, 2.24) is 5.32 Å². The highest BCUT2D eigenvalue weighted by Crippen LogP contribution is 2.27. The highest BCUT2D eigenvalue weighted by atomic mass is 35.5. The molecule has 0 heterocycles. The van der Waals surface area contributed by atoms with Crippen molar-refractivity contribution in [3.8, 4) is 5.75 Å². The van der Waals surface area contributed by atoms with Gasteiger partial charge in [-0.15, -0.1) is 0 Å². The Morgan fingerprint density at radius 2 is 1.81 bits per heavy atom. The summed E-state index contributed by atoms with van der Waals surface area (Å²) in [5.74, 6) is 0.604. The van der Waals surface area contributed by atoms with Crippen LogP contribution < -0.4 is 10.1 Å². The number of aliphatic hydroxyl groups is 1. The van der Waals surface area contributed by atoms with Crippen LogP contribution in [0, 0.1) is 5.41 Å². The van der Waals surface area contributed by atoms with Gasteiger partial charge in [-0.3, -0.25) is 0 Å². The smallest absolute Gasteiger partial charge is 0.138 e. The molecule has 0 aliphatic rings. The van der Waals surface area contributed by atoms with E-state index in [1.165, 1.54) is 0 Å².